The molecule has 20 heavy (non-hydrogen) atoms. The molecule has 0 saturated heterocycles. The van der Waals surface area contributed by atoms with Crippen molar-refractivity contribution in [2.45, 2.75) is 0 Å². The number of rotatable bonds is 3. The molecule has 0 bridgehead atoms. The summed E-state index contributed by atoms with van der Waals surface area (Å²) < 4.78 is 0. The Balaban J connectivity index is 2.08. The average Bonchev–Trinajstić information content (AvgIpc) is 2.48. The zero-order valence-electron chi connectivity index (χ0n) is 10.4. The molecule has 2 rings (SSSR count). The smallest absolute Gasteiger partial charge is 0.265 e. The Morgan fingerprint density at radius 1 is 0.850 bits per heavy atom. The van der Waals surface area contributed by atoms with Crippen molar-refractivity contribution >= 4 is 29.1 Å². The lowest BCUT2D eigenvalue weighted by Crippen LogP contribution is -2.29. The summed E-state index contributed by atoms with van der Waals surface area (Å²) in [5, 5.41) is 3.29. The van der Waals surface area contributed by atoms with Crippen LogP contribution < -0.4 is 16.6 Å². The number of carbonyl (C=O) groups is 2. The molecule has 0 unspecified atom stereocenters. The number of hydrazine groups is 1. The van der Waals surface area contributed by atoms with Crippen LogP contribution >= 0.6 is 11.6 Å². The Morgan fingerprint density at radius 3 is 1.90 bits per heavy atom. The number of nitrogens with one attached hydrogen (secondary N) is 2. The molecule has 0 saturated carbocycles. The zero-order valence-corrected chi connectivity index (χ0v) is 11.1. The molecule has 0 radical (unpaired) electrons. The van der Waals surface area contributed by atoms with Gasteiger partial charge < -0.3 is 5.32 Å². The molecule has 2 amide bonds. The number of amides is 2. The summed E-state index contributed by atoms with van der Waals surface area (Å²) in [6, 6.07) is 12.9. The van der Waals surface area contributed by atoms with Gasteiger partial charge in [0, 0.05) is 21.8 Å². The molecule has 0 atom stereocenters. The molecule has 102 valence electrons. The van der Waals surface area contributed by atoms with Crippen molar-refractivity contribution in [2.24, 2.45) is 5.84 Å². The van der Waals surface area contributed by atoms with Crippen LogP contribution in [0.25, 0.3) is 0 Å². The number of halogens is 1. The minimum Gasteiger partial charge on any atom is -0.322 e. The Labute approximate surface area is 120 Å². The third kappa shape index (κ3) is 3.34. The summed E-state index contributed by atoms with van der Waals surface area (Å²) in [5.74, 6) is 4.39. The van der Waals surface area contributed by atoms with E-state index in [2.05, 4.69) is 5.32 Å². The molecule has 6 heteroatoms. The van der Waals surface area contributed by atoms with Crippen LogP contribution in [0.3, 0.4) is 0 Å². The highest BCUT2D eigenvalue weighted by molar-refractivity contribution is 6.30. The monoisotopic (exact) mass is 289 g/mol. The van der Waals surface area contributed by atoms with Gasteiger partial charge in [0.2, 0.25) is 0 Å². The third-order valence-corrected chi connectivity index (χ3v) is 2.89. The van der Waals surface area contributed by atoms with E-state index in [0.29, 0.717) is 21.8 Å². The van der Waals surface area contributed by atoms with Gasteiger partial charge in [-0.1, -0.05) is 11.6 Å². The lowest BCUT2D eigenvalue weighted by molar-refractivity contribution is 0.0953. The Bertz CT molecular complexity index is 624. The van der Waals surface area contributed by atoms with E-state index in [1.54, 1.807) is 48.5 Å². The number of hydrogen-bond acceptors (Lipinski definition) is 3. The number of nitrogen functional groups attached to an aromatic ring is 1. The molecule has 0 fully saturated rings. The second-order valence-corrected chi connectivity index (χ2v) is 4.45. The first-order valence-electron chi connectivity index (χ1n) is 5.78. The SMILES string of the molecule is NNC(=O)c1ccc(NC(=O)c2ccc(Cl)cc2)cc1. The maximum absolute atomic E-state index is 11.9. The van der Waals surface area contributed by atoms with Crippen molar-refractivity contribution < 1.29 is 9.59 Å². The summed E-state index contributed by atoms with van der Waals surface area (Å²) in [5.41, 5.74) is 3.53. The topological polar surface area (TPSA) is 84.2 Å². The standard InChI is InChI=1S/C14H12ClN3O2/c15-11-5-1-9(2-6-11)13(19)17-12-7-3-10(4-8-12)14(20)18-16/h1-8H,16H2,(H,17,19)(H,18,20). The largest absolute Gasteiger partial charge is 0.322 e. The number of hydrogen-bond donors (Lipinski definition) is 3. The zero-order chi connectivity index (χ0) is 14.5. The lowest BCUT2D eigenvalue weighted by atomic mass is 10.1. The maximum atomic E-state index is 11.9. The van der Waals surface area contributed by atoms with Gasteiger partial charge in [0.1, 0.15) is 0 Å². The van der Waals surface area contributed by atoms with Gasteiger partial charge in [-0.3, -0.25) is 15.0 Å². The van der Waals surface area contributed by atoms with Gasteiger partial charge in [0.25, 0.3) is 11.8 Å². The summed E-state index contributed by atoms with van der Waals surface area (Å²) in [4.78, 5) is 23.2. The van der Waals surface area contributed by atoms with Crippen molar-refractivity contribution in [2.75, 3.05) is 5.32 Å². The van der Waals surface area contributed by atoms with Gasteiger partial charge in [-0.2, -0.15) is 0 Å². The first kappa shape index (κ1) is 14.0. The highest BCUT2D eigenvalue weighted by atomic mass is 35.5. The minimum absolute atomic E-state index is 0.252. The van der Waals surface area contributed by atoms with E-state index in [9.17, 15) is 9.59 Å². The molecular weight excluding hydrogens is 278 g/mol. The first-order chi connectivity index (χ1) is 9.60. The molecule has 2 aromatic rings. The van der Waals surface area contributed by atoms with Crippen LogP contribution in [-0.4, -0.2) is 11.8 Å². The van der Waals surface area contributed by atoms with Crippen molar-refractivity contribution in [3.05, 3.63) is 64.7 Å². The van der Waals surface area contributed by atoms with E-state index in [1.807, 2.05) is 5.43 Å². The van der Waals surface area contributed by atoms with Crippen molar-refractivity contribution in [1.82, 2.24) is 5.43 Å². The Hall–Kier alpha value is -2.37. The van der Waals surface area contributed by atoms with Gasteiger partial charge in [-0.15, -0.1) is 0 Å². The van der Waals surface area contributed by atoms with Crippen LogP contribution in [0.2, 0.25) is 5.02 Å². The van der Waals surface area contributed by atoms with Crippen molar-refractivity contribution in [1.29, 1.82) is 0 Å². The van der Waals surface area contributed by atoms with E-state index >= 15 is 0 Å². The summed E-state index contributed by atoms with van der Waals surface area (Å²) in [6.45, 7) is 0. The highest BCUT2D eigenvalue weighted by Crippen LogP contribution is 2.13. The van der Waals surface area contributed by atoms with Crippen LogP contribution in [0, 0.1) is 0 Å². The molecule has 0 spiro atoms. The Kier molecular flexibility index (Phi) is 4.34. The molecule has 2 aromatic carbocycles. The van der Waals surface area contributed by atoms with Gasteiger partial charge in [-0.05, 0) is 48.5 Å². The van der Waals surface area contributed by atoms with Crippen LogP contribution in [0.5, 0.6) is 0 Å². The van der Waals surface area contributed by atoms with Gasteiger partial charge >= 0.3 is 0 Å². The predicted octanol–water partition coefficient (Wildman–Crippen LogP) is 2.20. The Morgan fingerprint density at radius 2 is 1.35 bits per heavy atom. The third-order valence-electron chi connectivity index (χ3n) is 2.64. The summed E-state index contributed by atoms with van der Waals surface area (Å²) in [6.07, 6.45) is 0. The molecule has 0 heterocycles. The molecule has 0 aliphatic heterocycles. The van der Waals surface area contributed by atoms with E-state index in [-0.39, 0.29) is 11.8 Å². The van der Waals surface area contributed by atoms with Crippen LogP contribution in [0.15, 0.2) is 48.5 Å². The van der Waals surface area contributed by atoms with Gasteiger partial charge in [0.15, 0.2) is 0 Å². The number of anilines is 1. The van der Waals surface area contributed by atoms with Crippen LogP contribution in [0.1, 0.15) is 20.7 Å². The van der Waals surface area contributed by atoms with Crippen LogP contribution in [-0.2, 0) is 0 Å². The van der Waals surface area contributed by atoms with Crippen molar-refractivity contribution in [3.63, 3.8) is 0 Å². The fraction of sp³-hybridized carbons (Fsp3) is 0. The predicted molar refractivity (Wildman–Crippen MR) is 77.5 cm³/mol. The van der Waals surface area contributed by atoms with Gasteiger partial charge in [0.05, 0.1) is 0 Å². The highest BCUT2D eigenvalue weighted by Gasteiger charge is 2.07. The maximum Gasteiger partial charge on any atom is 0.265 e. The second kappa shape index (κ2) is 6.18. The van der Waals surface area contributed by atoms with E-state index < -0.39 is 0 Å². The fourth-order valence-corrected chi connectivity index (χ4v) is 1.72. The number of carbonyl (C=O) groups excluding carboxylic acids is 2. The second-order valence-electron chi connectivity index (χ2n) is 4.01. The van der Waals surface area contributed by atoms with E-state index in [1.165, 1.54) is 0 Å². The molecule has 0 aliphatic rings. The van der Waals surface area contributed by atoms with E-state index in [4.69, 9.17) is 17.4 Å². The normalized spacial score (nSPS) is 9.90. The first-order valence-corrected chi connectivity index (χ1v) is 6.16. The molecule has 0 aliphatic carbocycles. The molecule has 0 aromatic heterocycles. The number of benzene rings is 2. The summed E-state index contributed by atoms with van der Waals surface area (Å²) >= 11 is 5.76. The van der Waals surface area contributed by atoms with Gasteiger partial charge in [-0.25, -0.2) is 5.84 Å². The molecular formula is C14H12ClN3O2. The fourth-order valence-electron chi connectivity index (χ4n) is 1.59. The van der Waals surface area contributed by atoms with E-state index in [0.717, 1.165) is 0 Å². The quantitative estimate of drug-likeness (QED) is 0.460. The minimum atomic E-state index is -0.388. The summed E-state index contributed by atoms with van der Waals surface area (Å²) in [7, 11) is 0. The molecule has 4 N–H and O–H groups in total. The average molecular weight is 290 g/mol. The lowest BCUT2D eigenvalue weighted by Gasteiger charge is -2.06. The van der Waals surface area contributed by atoms with Crippen LogP contribution in [0.4, 0.5) is 5.69 Å². The van der Waals surface area contributed by atoms with Crippen molar-refractivity contribution in [3.8, 4) is 0 Å². The molecule has 5 nitrogen and oxygen atoms in total. The number of nitrogens with two attached hydrogens (primary N) is 1.